The van der Waals surface area contributed by atoms with Gasteiger partial charge in [0.25, 0.3) is 5.91 Å². The summed E-state index contributed by atoms with van der Waals surface area (Å²) in [6, 6.07) is 10.4. The first-order valence-electron chi connectivity index (χ1n) is 8.83. The number of carbonyl (C=O) groups excluding carboxylic acids is 3. The van der Waals surface area contributed by atoms with E-state index in [0.717, 1.165) is 0 Å². The fourth-order valence-corrected chi connectivity index (χ4v) is 4.27. The van der Waals surface area contributed by atoms with Gasteiger partial charge in [-0.15, -0.1) is 22.7 Å². The van der Waals surface area contributed by atoms with E-state index in [-0.39, 0.29) is 24.3 Å². The average molecular weight is 428 g/mol. The van der Waals surface area contributed by atoms with E-state index in [1.807, 2.05) is 11.4 Å². The van der Waals surface area contributed by atoms with Crippen molar-refractivity contribution in [2.75, 3.05) is 28.6 Å². The van der Waals surface area contributed by atoms with Crippen LogP contribution in [0.5, 0.6) is 0 Å². The number of thiophene rings is 1. The van der Waals surface area contributed by atoms with Gasteiger partial charge < -0.3 is 16.0 Å². The van der Waals surface area contributed by atoms with Crippen LogP contribution in [-0.2, 0) is 11.2 Å². The van der Waals surface area contributed by atoms with Gasteiger partial charge in [0.2, 0.25) is 5.91 Å². The van der Waals surface area contributed by atoms with Crippen LogP contribution in [0.1, 0.15) is 15.4 Å². The molecule has 0 atom stereocenters. The molecule has 3 N–H and O–H groups in total. The number of nitrogens with one attached hydrogen (secondary N) is 3. The Labute approximate surface area is 174 Å². The predicted octanol–water partition coefficient (Wildman–Crippen LogP) is 3.17. The molecular weight excluding hydrogens is 410 g/mol. The maximum Gasteiger partial charge on any atom is 0.323 e. The van der Waals surface area contributed by atoms with Crippen molar-refractivity contribution < 1.29 is 14.4 Å². The van der Waals surface area contributed by atoms with Crippen LogP contribution < -0.4 is 20.9 Å². The number of thiazole rings is 1. The van der Waals surface area contributed by atoms with E-state index >= 15 is 0 Å². The second kappa shape index (κ2) is 8.41. The van der Waals surface area contributed by atoms with Crippen LogP contribution in [-0.4, -0.2) is 35.9 Å². The van der Waals surface area contributed by atoms with Crippen molar-refractivity contribution >= 4 is 57.0 Å². The summed E-state index contributed by atoms with van der Waals surface area (Å²) < 4.78 is 0. The van der Waals surface area contributed by atoms with Crippen molar-refractivity contribution in [3.8, 4) is 0 Å². The van der Waals surface area contributed by atoms with Crippen LogP contribution in [0, 0.1) is 0 Å². The minimum Gasteiger partial charge on any atom is -0.336 e. The highest BCUT2D eigenvalue weighted by molar-refractivity contribution is 7.14. The minimum absolute atomic E-state index is 0.0950. The molecule has 3 heterocycles. The van der Waals surface area contributed by atoms with E-state index in [4.69, 9.17) is 0 Å². The van der Waals surface area contributed by atoms with Gasteiger partial charge in [-0.3, -0.25) is 14.5 Å². The second-order valence-corrected chi connectivity index (χ2v) is 8.03. The maximum absolute atomic E-state index is 12.4. The number of aromatic nitrogens is 1. The van der Waals surface area contributed by atoms with Gasteiger partial charge in [-0.2, -0.15) is 0 Å². The molecule has 2 aromatic heterocycles. The number of anilines is 3. The molecule has 0 saturated carbocycles. The third-order valence-electron chi connectivity index (χ3n) is 4.12. The molecule has 1 fully saturated rings. The van der Waals surface area contributed by atoms with E-state index in [9.17, 15) is 14.4 Å². The van der Waals surface area contributed by atoms with Gasteiger partial charge in [-0.1, -0.05) is 12.1 Å². The quantitative estimate of drug-likeness (QED) is 0.562. The number of hydrogen-bond donors (Lipinski definition) is 3. The first kappa shape index (κ1) is 19.1. The Morgan fingerprint density at radius 2 is 1.97 bits per heavy atom. The Kier molecular flexibility index (Phi) is 5.54. The number of nitrogens with zero attached hydrogens (tertiary/aromatic N) is 2. The number of carbonyl (C=O) groups is 3. The molecule has 1 aliphatic heterocycles. The van der Waals surface area contributed by atoms with E-state index in [2.05, 4.69) is 20.9 Å². The normalized spacial score (nSPS) is 13.2. The molecule has 1 saturated heterocycles. The number of amides is 4. The maximum atomic E-state index is 12.4. The summed E-state index contributed by atoms with van der Waals surface area (Å²) >= 11 is 2.70. The zero-order valence-electron chi connectivity index (χ0n) is 15.2. The highest BCUT2D eigenvalue weighted by Crippen LogP contribution is 2.23. The Bertz CT molecular complexity index is 1050. The molecule has 10 heteroatoms. The van der Waals surface area contributed by atoms with E-state index < -0.39 is 0 Å². The van der Waals surface area contributed by atoms with Crippen LogP contribution in [0.2, 0.25) is 0 Å². The summed E-state index contributed by atoms with van der Waals surface area (Å²) in [5.41, 5.74) is 1.77. The summed E-state index contributed by atoms with van der Waals surface area (Å²) in [5.74, 6) is -0.418. The van der Waals surface area contributed by atoms with Gasteiger partial charge in [0.05, 0.1) is 17.0 Å². The molecule has 1 aliphatic rings. The third-order valence-corrected chi connectivity index (χ3v) is 5.90. The molecule has 4 amide bonds. The molecule has 1 aromatic carbocycles. The zero-order valence-corrected chi connectivity index (χ0v) is 16.8. The molecule has 29 heavy (non-hydrogen) atoms. The SMILES string of the molecule is O=C(Cc1csc(N2CCNC2=O)n1)Nc1cccc(NC(=O)c2cccs2)c1. The molecule has 4 rings (SSSR count). The fourth-order valence-electron chi connectivity index (χ4n) is 2.80. The summed E-state index contributed by atoms with van der Waals surface area (Å²) in [6.07, 6.45) is 0.0950. The van der Waals surface area contributed by atoms with Crippen molar-refractivity contribution in [3.05, 3.63) is 57.7 Å². The molecule has 0 aliphatic carbocycles. The molecule has 3 aromatic rings. The Morgan fingerprint density at radius 3 is 2.69 bits per heavy atom. The highest BCUT2D eigenvalue weighted by atomic mass is 32.1. The lowest BCUT2D eigenvalue weighted by Gasteiger charge is -2.09. The monoisotopic (exact) mass is 427 g/mol. The van der Waals surface area contributed by atoms with Crippen molar-refractivity contribution in [1.82, 2.24) is 10.3 Å². The van der Waals surface area contributed by atoms with Gasteiger partial charge in [-0.25, -0.2) is 9.78 Å². The topological polar surface area (TPSA) is 103 Å². The number of hydrogen-bond acceptors (Lipinski definition) is 6. The molecule has 0 spiro atoms. The minimum atomic E-state index is -0.227. The van der Waals surface area contributed by atoms with Gasteiger partial charge >= 0.3 is 6.03 Å². The van der Waals surface area contributed by atoms with E-state index in [1.165, 1.54) is 22.7 Å². The molecule has 0 radical (unpaired) electrons. The van der Waals surface area contributed by atoms with Crippen LogP contribution in [0.25, 0.3) is 0 Å². The summed E-state index contributed by atoms with van der Waals surface area (Å²) in [7, 11) is 0. The summed E-state index contributed by atoms with van der Waals surface area (Å²) in [5, 5.41) is 12.5. The first-order chi connectivity index (χ1) is 14.1. The molecule has 148 valence electrons. The Balaban J connectivity index is 1.36. The van der Waals surface area contributed by atoms with Gasteiger partial charge in [-0.05, 0) is 29.6 Å². The first-order valence-corrected chi connectivity index (χ1v) is 10.6. The summed E-state index contributed by atoms with van der Waals surface area (Å²) in [6.45, 7) is 1.16. The number of benzene rings is 1. The Morgan fingerprint density at radius 1 is 1.14 bits per heavy atom. The zero-order chi connectivity index (χ0) is 20.2. The van der Waals surface area contributed by atoms with Crippen LogP contribution in [0.4, 0.5) is 21.3 Å². The lowest BCUT2D eigenvalue weighted by molar-refractivity contribution is -0.115. The van der Waals surface area contributed by atoms with Crippen molar-refractivity contribution in [2.24, 2.45) is 0 Å². The summed E-state index contributed by atoms with van der Waals surface area (Å²) in [4.78, 5) is 42.8. The van der Waals surface area contributed by atoms with E-state index in [0.29, 0.717) is 40.2 Å². The average Bonchev–Trinajstić information content (AvgIpc) is 3.43. The fraction of sp³-hybridized carbons (Fsp3) is 0.158. The van der Waals surface area contributed by atoms with Crippen molar-refractivity contribution in [3.63, 3.8) is 0 Å². The molecular formula is C19H17N5O3S2. The Hall–Kier alpha value is -3.24. The molecule has 0 bridgehead atoms. The molecule has 8 nitrogen and oxygen atoms in total. The largest absolute Gasteiger partial charge is 0.336 e. The van der Waals surface area contributed by atoms with Gasteiger partial charge in [0.1, 0.15) is 0 Å². The predicted molar refractivity (Wildman–Crippen MR) is 114 cm³/mol. The van der Waals surface area contributed by atoms with Gasteiger partial charge in [0, 0.05) is 29.8 Å². The van der Waals surface area contributed by atoms with Crippen LogP contribution in [0.15, 0.2) is 47.2 Å². The standard InChI is InChI=1S/C19H17N5O3S2/c25-16(10-14-11-29-19(23-14)24-7-6-20-18(24)27)21-12-3-1-4-13(9-12)22-17(26)15-5-2-8-28-15/h1-5,8-9,11H,6-7,10H2,(H,20,27)(H,21,25)(H,22,26). The molecule has 0 unspecified atom stereocenters. The van der Waals surface area contributed by atoms with E-state index in [1.54, 1.807) is 40.6 Å². The number of urea groups is 1. The lowest BCUT2D eigenvalue weighted by atomic mass is 10.2. The highest BCUT2D eigenvalue weighted by Gasteiger charge is 2.24. The van der Waals surface area contributed by atoms with Gasteiger partial charge in [0.15, 0.2) is 5.13 Å². The third kappa shape index (κ3) is 4.61. The number of rotatable bonds is 6. The lowest BCUT2D eigenvalue weighted by Crippen LogP contribution is -2.27. The van der Waals surface area contributed by atoms with Crippen molar-refractivity contribution in [2.45, 2.75) is 6.42 Å². The smallest absolute Gasteiger partial charge is 0.323 e. The van der Waals surface area contributed by atoms with Crippen LogP contribution >= 0.6 is 22.7 Å². The second-order valence-electron chi connectivity index (χ2n) is 6.24. The van der Waals surface area contributed by atoms with Crippen LogP contribution in [0.3, 0.4) is 0 Å². The van der Waals surface area contributed by atoms with Crippen molar-refractivity contribution in [1.29, 1.82) is 0 Å².